The molecule has 1 aliphatic heterocycles. The summed E-state index contributed by atoms with van der Waals surface area (Å²) in [6.07, 6.45) is -8.35. The largest absolute Gasteiger partial charge is 0.479 e. The van der Waals surface area contributed by atoms with Crippen molar-refractivity contribution in [2.75, 3.05) is 5.32 Å². The second-order valence-electron chi connectivity index (χ2n) is 9.26. The van der Waals surface area contributed by atoms with E-state index >= 15 is 0 Å². The van der Waals surface area contributed by atoms with E-state index < -0.39 is 36.7 Å². The number of hydrogen-bond donors (Lipinski definition) is 5. The molecule has 6 unspecified atom stereocenters. The zero-order chi connectivity index (χ0) is 23.5. The third kappa shape index (κ3) is 6.78. The van der Waals surface area contributed by atoms with Gasteiger partial charge in [0, 0.05) is 6.04 Å². The maximum absolute atomic E-state index is 11.3. The van der Waals surface area contributed by atoms with E-state index in [4.69, 9.17) is 14.2 Å². The Bertz CT molecular complexity index is 748. The summed E-state index contributed by atoms with van der Waals surface area (Å²) in [5.74, 6) is -0.843. The standard InChI is InChI=1S/C22H35NO8/c1-11(2)12(3)23-14-9-13(10-29-22(4,5)6)7-8-15(14)30-21-18(26)16(24)17(25)19(31-21)20(27)28/h7-9,11-12,16-19,21,23-26H,10H2,1-6H3,(H,27,28). The summed E-state index contributed by atoms with van der Waals surface area (Å²) in [5, 5.41) is 42.8. The van der Waals surface area contributed by atoms with Crippen molar-refractivity contribution in [2.24, 2.45) is 5.92 Å². The highest BCUT2D eigenvalue weighted by atomic mass is 16.7. The number of aliphatic hydroxyl groups excluding tert-OH is 3. The molecule has 5 N–H and O–H groups in total. The number of rotatable bonds is 8. The van der Waals surface area contributed by atoms with Crippen molar-refractivity contribution in [3.05, 3.63) is 23.8 Å². The lowest BCUT2D eigenvalue weighted by molar-refractivity contribution is -0.271. The van der Waals surface area contributed by atoms with Gasteiger partial charge < -0.3 is 40.0 Å². The number of carboxylic acids is 1. The Hall–Kier alpha value is -1.91. The van der Waals surface area contributed by atoms with E-state index in [9.17, 15) is 25.2 Å². The smallest absolute Gasteiger partial charge is 0.335 e. The van der Waals surface area contributed by atoms with E-state index in [0.717, 1.165) is 5.56 Å². The molecule has 1 aromatic rings. The van der Waals surface area contributed by atoms with Gasteiger partial charge in [-0.1, -0.05) is 19.9 Å². The first kappa shape index (κ1) is 25.4. The molecule has 0 bridgehead atoms. The Balaban J connectivity index is 2.29. The van der Waals surface area contributed by atoms with E-state index in [2.05, 4.69) is 19.2 Å². The van der Waals surface area contributed by atoms with E-state index in [1.54, 1.807) is 12.1 Å². The summed E-state index contributed by atoms with van der Waals surface area (Å²) in [6, 6.07) is 5.40. The van der Waals surface area contributed by atoms with Gasteiger partial charge in [-0.05, 0) is 51.3 Å². The van der Waals surface area contributed by atoms with Gasteiger partial charge >= 0.3 is 5.97 Å². The minimum Gasteiger partial charge on any atom is -0.479 e. The summed E-state index contributed by atoms with van der Waals surface area (Å²) in [5.41, 5.74) is 1.20. The molecule has 1 fully saturated rings. The van der Waals surface area contributed by atoms with Crippen LogP contribution < -0.4 is 10.1 Å². The average Bonchev–Trinajstić information content (AvgIpc) is 2.67. The first-order chi connectivity index (χ1) is 14.3. The maximum atomic E-state index is 11.3. The van der Waals surface area contributed by atoms with Gasteiger partial charge in [-0.3, -0.25) is 0 Å². The van der Waals surface area contributed by atoms with E-state index in [0.29, 0.717) is 24.0 Å². The van der Waals surface area contributed by atoms with E-state index in [1.165, 1.54) is 0 Å². The average molecular weight is 442 g/mol. The van der Waals surface area contributed by atoms with Crippen LogP contribution in [-0.4, -0.2) is 68.7 Å². The van der Waals surface area contributed by atoms with Crippen LogP contribution in [0.5, 0.6) is 5.75 Å². The normalized spacial score (nSPS) is 27.7. The van der Waals surface area contributed by atoms with Gasteiger partial charge in [-0.25, -0.2) is 4.79 Å². The molecule has 1 saturated heterocycles. The number of nitrogens with one attached hydrogen (secondary N) is 1. The molecule has 1 heterocycles. The van der Waals surface area contributed by atoms with Gasteiger partial charge in [-0.15, -0.1) is 0 Å². The molecule has 176 valence electrons. The Morgan fingerprint density at radius 1 is 1.13 bits per heavy atom. The van der Waals surface area contributed by atoms with Crippen molar-refractivity contribution in [2.45, 2.75) is 90.5 Å². The Labute approximate surface area is 182 Å². The lowest BCUT2D eigenvalue weighted by atomic mass is 9.99. The van der Waals surface area contributed by atoms with Crippen molar-refractivity contribution in [3.63, 3.8) is 0 Å². The summed E-state index contributed by atoms with van der Waals surface area (Å²) in [4.78, 5) is 11.3. The number of ether oxygens (including phenoxy) is 3. The molecule has 1 aliphatic rings. The van der Waals surface area contributed by atoms with Crippen molar-refractivity contribution < 1.29 is 39.4 Å². The second-order valence-corrected chi connectivity index (χ2v) is 9.26. The van der Waals surface area contributed by atoms with E-state index in [1.807, 2.05) is 33.8 Å². The number of aliphatic carboxylic acids is 1. The number of carboxylic acid groups (broad SMARTS) is 1. The summed E-state index contributed by atoms with van der Waals surface area (Å²) in [7, 11) is 0. The molecular formula is C22H35NO8. The molecule has 0 saturated carbocycles. The molecule has 9 nitrogen and oxygen atoms in total. The van der Waals surface area contributed by atoms with Crippen molar-refractivity contribution in [1.82, 2.24) is 0 Å². The van der Waals surface area contributed by atoms with Gasteiger partial charge in [-0.2, -0.15) is 0 Å². The van der Waals surface area contributed by atoms with Crippen LogP contribution in [-0.2, 0) is 20.9 Å². The number of benzene rings is 1. The lowest BCUT2D eigenvalue weighted by Crippen LogP contribution is -2.61. The molecule has 2 rings (SSSR count). The van der Waals surface area contributed by atoms with Crippen LogP contribution in [0, 0.1) is 5.92 Å². The maximum Gasteiger partial charge on any atom is 0.335 e. The van der Waals surface area contributed by atoms with E-state index in [-0.39, 0.29) is 11.6 Å². The van der Waals surface area contributed by atoms with Gasteiger partial charge in [0.2, 0.25) is 6.29 Å². The molecule has 6 atom stereocenters. The Kier molecular flexibility index (Phi) is 8.29. The molecule has 0 aromatic heterocycles. The van der Waals surface area contributed by atoms with Crippen molar-refractivity contribution >= 4 is 11.7 Å². The van der Waals surface area contributed by atoms with Gasteiger partial charge in [0.15, 0.2) is 6.10 Å². The highest BCUT2D eigenvalue weighted by Crippen LogP contribution is 2.32. The fraction of sp³-hybridized carbons (Fsp3) is 0.682. The quantitative estimate of drug-likeness (QED) is 0.408. The monoisotopic (exact) mass is 441 g/mol. The van der Waals surface area contributed by atoms with Crippen LogP contribution in [0.3, 0.4) is 0 Å². The predicted octanol–water partition coefficient (Wildman–Crippen LogP) is 1.73. The number of hydrogen-bond acceptors (Lipinski definition) is 8. The summed E-state index contributed by atoms with van der Waals surface area (Å²) in [6.45, 7) is 12.4. The SMILES string of the molecule is CC(C)C(C)Nc1cc(COC(C)(C)C)ccc1OC1OC(C(=O)O)C(O)C(O)C1O. The molecular weight excluding hydrogens is 406 g/mol. The van der Waals surface area contributed by atoms with Crippen LogP contribution in [0.1, 0.15) is 47.1 Å². The lowest BCUT2D eigenvalue weighted by Gasteiger charge is -2.38. The highest BCUT2D eigenvalue weighted by Gasteiger charge is 2.48. The third-order valence-electron chi connectivity index (χ3n) is 5.16. The van der Waals surface area contributed by atoms with Gasteiger partial charge in [0.1, 0.15) is 24.1 Å². The molecule has 31 heavy (non-hydrogen) atoms. The first-order valence-electron chi connectivity index (χ1n) is 10.4. The topological polar surface area (TPSA) is 138 Å². The summed E-state index contributed by atoms with van der Waals surface area (Å²) < 4.78 is 16.8. The molecule has 9 heteroatoms. The zero-order valence-corrected chi connectivity index (χ0v) is 18.9. The minimum absolute atomic E-state index is 0.0810. The Morgan fingerprint density at radius 3 is 2.32 bits per heavy atom. The number of anilines is 1. The molecule has 0 amide bonds. The predicted molar refractivity (Wildman–Crippen MR) is 114 cm³/mol. The van der Waals surface area contributed by atoms with Crippen LogP contribution >= 0.6 is 0 Å². The minimum atomic E-state index is -1.78. The van der Waals surface area contributed by atoms with Gasteiger partial charge in [0.05, 0.1) is 17.9 Å². The number of aliphatic hydroxyl groups is 3. The Morgan fingerprint density at radius 2 is 1.77 bits per heavy atom. The molecule has 0 spiro atoms. The highest BCUT2D eigenvalue weighted by molar-refractivity contribution is 5.73. The fourth-order valence-corrected chi connectivity index (χ4v) is 2.87. The van der Waals surface area contributed by atoms with Crippen LogP contribution in [0.15, 0.2) is 18.2 Å². The van der Waals surface area contributed by atoms with Gasteiger partial charge in [0.25, 0.3) is 0 Å². The molecule has 0 aliphatic carbocycles. The zero-order valence-electron chi connectivity index (χ0n) is 18.9. The second kappa shape index (κ2) is 10.1. The van der Waals surface area contributed by atoms with Crippen molar-refractivity contribution in [3.8, 4) is 5.75 Å². The molecule has 1 aromatic carbocycles. The first-order valence-corrected chi connectivity index (χ1v) is 10.4. The van der Waals surface area contributed by atoms with Crippen LogP contribution in [0.25, 0.3) is 0 Å². The fourth-order valence-electron chi connectivity index (χ4n) is 2.87. The molecule has 0 radical (unpaired) electrons. The van der Waals surface area contributed by atoms with Crippen LogP contribution in [0.2, 0.25) is 0 Å². The van der Waals surface area contributed by atoms with Crippen LogP contribution in [0.4, 0.5) is 5.69 Å². The van der Waals surface area contributed by atoms with Crippen molar-refractivity contribution in [1.29, 1.82) is 0 Å². The number of carbonyl (C=O) groups is 1. The third-order valence-corrected chi connectivity index (χ3v) is 5.16. The summed E-state index contributed by atoms with van der Waals surface area (Å²) >= 11 is 0.